The third-order valence-electron chi connectivity index (χ3n) is 3.23. The van der Waals surface area contributed by atoms with E-state index in [0.29, 0.717) is 0 Å². The molecule has 1 unspecified atom stereocenters. The average Bonchev–Trinajstić information content (AvgIpc) is 2.15. The number of aryl methyl sites for hydroxylation is 2. The lowest BCUT2D eigenvalue weighted by Crippen LogP contribution is -2.21. The van der Waals surface area contributed by atoms with Gasteiger partial charge in [0.2, 0.25) is 0 Å². The molecule has 90 valence electrons. The van der Waals surface area contributed by atoms with E-state index in [1.54, 1.807) is 0 Å². The first-order chi connectivity index (χ1) is 7.32. The molecule has 0 aliphatic rings. The van der Waals surface area contributed by atoms with Gasteiger partial charge in [-0.25, -0.2) is 0 Å². The topological polar surface area (TPSA) is 0 Å². The average molecular weight is 239 g/mol. The summed E-state index contributed by atoms with van der Waals surface area (Å²) < 4.78 is 0. The summed E-state index contributed by atoms with van der Waals surface area (Å²) in [5, 5.41) is 0.242. The van der Waals surface area contributed by atoms with Crippen LogP contribution in [-0.4, -0.2) is 5.38 Å². The van der Waals surface area contributed by atoms with Gasteiger partial charge in [0.05, 0.1) is 0 Å². The zero-order chi connectivity index (χ0) is 12.3. The van der Waals surface area contributed by atoms with Crippen molar-refractivity contribution in [3.8, 4) is 0 Å². The molecule has 16 heavy (non-hydrogen) atoms. The van der Waals surface area contributed by atoms with Crippen LogP contribution in [0.25, 0.3) is 0 Å². The van der Waals surface area contributed by atoms with Crippen molar-refractivity contribution >= 4 is 11.6 Å². The van der Waals surface area contributed by atoms with Crippen LogP contribution in [0.15, 0.2) is 18.2 Å². The van der Waals surface area contributed by atoms with E-state index in [1.165, 1.54) is 16.7 Å². The maximum absolute atomic E-state index is 6.41. The van der Waals surface area contributed by atoms with Crippen LogP contribution in [0.4, 0.5) is 0 Å². The molecule has 1 aromatic rings. The van der Waals surface area contributed by atoms with Crippen molar-refractivity contribution in [1.29, 1.82) is 0 Å². The Morgan fingerprint density at radius 2 is 1.62 bits per heavy atom. The summed E-state index contributed by atoms with van der Waals surface area (Å²) in [4.78, 5) is 0. The smallest absolute Gasteiger partial charge is 0.0387 e. The summed E-state index contributed by atoms with van der Waals surface area (Å²) in [6.07, 6.45) is 2.14. The van der Waals surface area contributed by atoms with E-state index in [2.05, 4.69) is 52.8 Å². The number of rotatable bonds is 3. The molecule has 1 heteroatoms. The summed E-state index contributed by atoms with van der Waals surface area (Å²) in [6, 6.07) is 6.49. The minimum Gasteiger partial charge on any atom is -0.122 e. The highest BCUT2D eigenvalue weighted by atomic mass is 35.5. The number of hydrogen-bond donors (Lipinski definition) is 0. The van der Waals surface area contributed by atoms with E-state index >= 15 is 0 Å². The van der Waals surface area contributed by atoms with Crippen molar-refractivity contribution < 1.29 is 0 Å². The normalized spacial score (nSPS) is 13.9. The fourth-order valence-corrected chi connectivity index (χ4v) is 2.06. The lowest BCUT2D eigenvalue weighted by Gasteiger charge is -2.25. The summed E-state index contributed by atoms with van der Waals surface area (Å²) in [5.74, 6) is 0. The van der Waals surface area contributed by atoms with E-state index in [9.17, 15) is 0 Å². The molecular weight excluding hydrogens is 216 g/mol. The van der Waals surface area contributed by atoms with Gasteiger partial charge in [0.15, 0.2) is 0 Å². The van der Waals surface area contributed by atoms with Crippen LogP contribution < -0.4 is 0 Å². The van der Waals surface area contributed by atoms with E-state index in [0.717, 1.165) is 12.8 Å². The van der Waals surface area contributed by atoms with Gasteiger partial charge >= 0.3 is 0 Å². The van der Waals surface area contributed by atoms with Crippen molar-refractivity contribution in [1.82, 2.24) is 0 Å². The minimum atomic E-state index is 0.193. The molecule has 0 N–H and O–H groups in total. The summed E-state index contributed by atoms with van der Waals surface area (Å²) >= 11 is 6.41. The third kappa shape index (κ3) is 3.52. The Morgan fingerprint density at radius 1 is 1.12 bits per heavy atom. The molecular formula is C15H23Cl. The van der Waals surface area contributed by atoms with Crippen LogP contribution in [0.5, 0.6) is 0 Å². The Balaban J connectivity index is 2.69. The van der Waals surface area contributed by atoms with Gasteiger partial charge in [-0.1, -0.05) is 39.0 Å². The molecule has 0 radical (unpaired) electrons. The molecule has 0 bridgehead atoms. The molecule has 0 spiro atoms. The maximum atomic E-state index is 6.41. The van der Waals surface area contributed by atoms with Crippen LogP contribution in [0.2, 0.25) is 0 Å². The first-order valence-electron chi connectivity index (χ1n) is 6.01. The van der Waals surface area contributed by atoms with Crippen molar-refractivity contribution in [3.63, 3.8) is 0 Å². The quantitative estimate of drug-likeness (QED) is 0.658. The molecule has 0 amide bonds. The second-order valence-corrected chi connectivity index (χ2v) is 6.27. The van der Waals surface area contributed by atoms with Gasteiger partial charge in [-0.15, -0.1) is 11.6 Å². The summed E-state index contributed by atoms with van der Waals surface area (Å²) in [6.45, 7) is 11.0. The minimum absolute atomic E-state index is 0.193. The lowest BCUT2D eigenvalue weighted by atomic mass is 9.87. The van der Waals surface area contributed by atoms with Gasteiger partial charge in [0.25, 0.3) is 0 Å². The Bertz CT molecular complexity index is 327. The molecule has 0 aliphatic carbocycles. The van der Waals surface area contributed by atoms with Gasteiger partial charge in [0, 0.05) is 5.38 Å². The Hall–Kier alpha value is -0.490. The first-order valence-corrected chi connectivity index (χ1v) is 6.45. The molecule has 0 saturated heterocycles. The molecule has 0 aromatic heterocycles. The molecule has 0 fully saturated rings. The zero-order valence-corrected chi connectivity index (χ0v) is 11.9. The monoisotopic (exact) mass is 238 g/mol. The van der Waals surface area contributed by atoms with E-state index < -0.39 is 0 Å². The fourth-order valence-electron chi connectivity index (χ4n) is 1.95. The van der Waals surface area contributed by atoms with Gasteiger partial charge in [-0.3, -0.25) is 0 Å². The number of alkyl halides is 1. The van der Waals surface area contributed by atoms with Crippen LogP contribution in [0.3, 0.4) is 0 Å². The van der Waals surface area contributed by atoms with E-state index in [4.69, 9.17) is 11.6 Å². The SMILES string of the molecule is Cc1cccc(C)c1CCC(Cl)C(C)(C)C. The standard InChI is InChI=1S/C15H23Cl/c1-11-7-6-8-12(2)13(11)9-10-14(16)15(3,4)5/h6-8,14H,9-10H2,1-5H3. The zero-order valence-electron chi connectivity index (χ0n) is 11.1. The van der Waals surface area contributed by atoms with Crippen LogP contribution >= 0.6 is 11.6 Å². The van der Waals surface area contributed by atoms with Crippen molar-refractivity contribution in [2.45, 2.75) is 52.8 Å². The molecule has 0 heterocycles. The third-order valence-corrected chi connectivity index (χ3v) is 4.10. The second-order valence-electron chi connectivity index (χ2n) is 5.74. The van der Waals surface area contributed by atoms with Crippen molar-refractivity contribution in [3.05, 3.63) is 34.9 Å². The first kappa shape index (κ1) is 13.6. The maximum Gasteiger partial charge on any atom is 0.0387 e. The molecule has 1 rings (SSSR count). The Kier molecular flexibility index (Phi) is 4.43. The molecule has 0 saturated carbocycles. The van der Waals surface area contributed by atoms with Gasteiger partial charge in [-0.2, -0.15) is 0 Å². The number of benzene rings is 1. The Labute approximate surface area is 105 Å². The van der Waals surface area contributed by atoms with Crippen molar-refractivity contribution in [2.24, 2.45) is 5.41 Å². The van der Waals surface area contributed by atoms with Gasteiger partial charge < -0.3 is 0 Å². The highest BCUT2D eigenvalue weighted by Crippen LogP contribution is 2.29. The highest BCUT2D eigenvalue weighted by molar-refractivity contribution is 6.21. The number of halogens is 1. The molecule has 1 atom stereocenters. The van der Waals surface area contributed by atoms with Crippen LogP contribution in [0, 0.1) is 19.3 Å². The molecule has 1 aromatic carbocycles. The van der Waals surface area contributed by atoms with Crippen LogP contribution in [-0.2, 0) is 6.42 Å². The van der Waals surface area contributed by atoms with Crippen molar-refractivity contribution in [2.75, 3.05) is 0 Å². The molecule has 0 aliphatic heterocycles. The van der Waals surface area contributed by atoms with Gasteiger partial charge in [-0.05, 0) is 48.8 Å². The molecule has 0 nitrogen and oxygen atoms in total. The van der Waals surface area contributed by atoms with Crippen LogP contribution in [0.1, 0.15) is 43.9 Å². The van der Waals surface area contributed by atoms with Gasteiger partial charge in [0.1, 0.15) is 0 Å². The largest absolute Gasteiger partial charge is 0.122 e. The fraction of sp³-hybridized carbons (Fsp3) is 0.600. The number of hydrogen-bond acceptors (Lipinski definition) is 0. The summed E-state index contributed by atoms with van der Waals surface area (Å²) in [7, 11) is 0. The summed E-state index contributed by atoms with van der Waals surface area (Å²) in [5.41, 5.74) is 4.44. The van der Waals surface area contributed by atoms with E-state index in [-0.39, 0.29) is 10.8 Å². The second kappa shape index (κ2) is 5.23. The van der Waals surface area contributed by atoms with E-state index in [1.807, 2.05) is 0 Å². The predicted octanol–water partition coefficient (Wildman–Crippen LogP) is 4.89. The predicted molar refractivity (Wildman–Crippen MR) is 73.3 cm³/mol. The highest BCUT2D eigenvalue weighted by Gasteiger charge is 2.22. The lowest BCUT2D eigenvalue weighted by molar-refractivity contribution is 0.374. The Morgan fingerprint density at radius 3 is 2.06 bits per heavy atom.